The second-order valence-electron chi connectivity index (χ2n) is 5.19. The summed E-state index contributed by atoms with van der Waals surface area (Å²) in [4.78, 5) is 7.83. The third-order valence-electron chi connectivity index (χ3n) is 4.20. The molecule has 2 heteroatoms. The Morgan fingerprint density at radius 1 is 1.22 bits per heavy atom. The molecule has 0 saturated heterocycles. The summed E-state index contributed by atoms with van der Waals surface area (Å²) >= 11 is 0. The molecule has 0 spiro atoms. The van der Waals surface area contributed by atoms with E-state index in [1.807, 2.05) is 18.5 Å². The van der Waals surface area contributed by atoms with Crippen molar-refractivity contribution in [2.45, 2.75) is 12.5 Å². The SMILES string of the molecule is [C-]#[N+][C@@H]1[C@H]2C=C(c3ccc4ccncc4c3)C[C@H]21. The van der Waals surface area contributed by atoms with Gasteiger partial charge in [-0.2, -0.15) is 0 Å². The summed E-state index contributed by atoms with van der Waals surface area (Å²) in [5.74, 6) is 1.13. The van der Waals surface area contributed by atoms with Gasteiger partial charge in [-0.05, 0) is 35.1 Å². The Morgan fingerprint density at radius 2 is 2.17 bits per heavy atom. The summed E-state index contributed by atoms with van der Waals surface area (Å²) in [6.45, 7) is 7.08. The lowest BCUT2D eigenvalue weighted by Crippen LogP contribution is -1.89. The van der Waals surface area contributed by atoms with Crippen LogP contribution in [0.2, 0.25) is 0 Å². The second kappa shape index (κ2) is 3.43. The van der Waals surface area contributed by atoms with Crippen molar-refractivity contribution in [1.82, 2.24) is 4.98 Å². The number of fused-ring (bicyclic) bond motifs is 2. The van der Waals surface area contributed by atoms with Crippen LogP contribution in [0.1, 0.15) is 12.0 Å². The maximum atomic E-state index is 7.08. The zero-order chi connectivity index (χ0) is 12.1. The van der Waals surface area contributed by atoms with Crippen molar-refractivity contribution in [3.8, 4) is 0 Å². The standard InChI is InChI=1S/C16H12N2/c1-17-16-14-7-12(8-15(14)16)11-3-2-10-4-5-18-9-13(10)6-11/h2-7,9,14-16H,8H2/t14-,15+,16+/m0/s1. The molecule has 1 fully saturated rings. The topological polar surface area (TPSA) is 17.2 Å². The van der Waals surface area contributed by atoms with E-state index >= 15 is 0 Å². The average molecular weight is 232 g/mol. The van der Waals surface area contributed by atoms with Crippen molar-refractivity contribution in [2.75, 3.05) is 0 Å². The maximum absolute atomic E-state index is 7.08. The van der Waals surface area contributed by atoms with Gasteiger partial charge >= 0.3 is 0 Å². The third-order valence-corrected chi connectivity index (χ3v) is 4.20. The number of hydrogen-bond donors (Lipinski definition) is 0. The quantitative estimate of drug-likeness (QED) is 0.687. The van der Waals surface area contributed by atoms with Gasteiger partial charge in [0.05, 0.1) is 11.8 Å². The number of pyridine rings is 1. The van der Waals surface area contributed by atoms with Crippen LogP contribution in [0, 0.1) is 18.4 Å². The Balaban J connectivity index is 1.73. The molecule has 0 N–H and O–H groups in total. The highest BCUT2D eigenvalue weighted by atomic mass is 14.8. The molecule has 0 aliphatic heterocycles. The van der Waals surface area contributed by atoms with E-state index in [-0.39, 0.29) is 6.04 Å². The predicted molar refractivity (Wildman–Crippen MR) is 71.7 cm³/mol. The van der Waals surface area contributed by atoms with E-state index in [0.29, 0.717) is 11.8 Å². The number of benzene rings is 1. The molecule has 1 aromatic carbocycles. The van der Waals surface area contributed by atoms with Gasteiger partial charge in [0.15, 0.2) is 0 Å². The molecule has 2 nitrogen and oxygen atoms in total. The fourth-order valence-electron chi connectivity index (χ4n) is 3.10. The van der Waals surface area contributed by atoms with Crippen LogP contribution in [0.4, 0.5) is 0 Å². The zero-order valence-electron chi connectivity index (χ0n) is 9.88. The summed E-state index contributed by atoms with van der Waals surface area (Å²) in [6.07, 6.45) is 7.12. The van der Waals surface area contributed by atoms with Crippen LogP contribution >= 0.6 is 0 Å². The minimum Gasteiger partial charge on any atom is -0.313 e. The fourth-order valence-corrected chi connectivity index (χ4v) is 3.10. The van der Waals surface area contributed by atoms with Gasteiger partial charge in [-0.1, -0.05) is 18.2 Å². The molecule has 4 rings (SSSR count). The normalized spacial score (nSPS) is 28.6. The van der Waals surface area contributed by atoms with Gasteiger partial charge in [0.1, 0.15) is 0 Å². The molecule has 1 heterocycles. The first-order chi connectivity index (χ1) is 8.86. The number of rotatable bonds is 1. The van der Waals surface area contributed by atoms with Crippen LogP contribution in [0.15, 0.2) is 42.7 Å². The lowest BCUT2D eigenvalue weighted by molar-refractivity contribution is 0.854. The molecule has 1 aromatic heterocycles. The first-order valence-corrected chi connectivity index (χ1v) is 6.28. The third kappa shape index (κ3) is 1.31. The summed E-state index contributed by atoms with van der Waals surface area (Å²) in [5.41, 5.74) is 2.71. The van der Waals surface area contributed by atoms with Crippen LogP contribution in [0.25, 0.3) is 21.2 Å². The van der Waals surface area contributed by atoms with Crippen molar-refractivity contribution in [3.63, 3.8) is 0 Å². The van der Waals surface area contributed by atoms with Crippen molar-refractivity contribution in [3.05, 3.63) is 59.7 Å². The van der Waals surface area contributed by atoms with Gasteiger partial charge in [0.2, 0.25) is 6.04 Å². The molecule has 18 heavy (non-hydrogen) atoms. The molecular formula is C16H12N2. The summed E-state index contributed by atoms with van der Waals surface area (Å²) in [5, 5.41) is 2.43. The average Bonchev–Trinajstić information content (AvgIpc) is 2.90. The van der Waals surface area contributed by atoms with Gasteiger partial charge < -0.3 is 4.85 Å². The van der Waals surface area contributed by atoms with E-state index in [9.17, 15) is 0 Å². The Bertz CT molecular complexity index is 708. The Hall–Kier alpha value is -2.14. The number of aromatic nitrogens is 1. The molecule has 1 saturated carbocycles. The van der Waals surface area contributed by atoms with E-state index in [1.54, 1.807) is 0 Å². The van der Waals surface area contributed by atoms with Gasteiger partial charge in [-0.15, -0.1) is 0 Å². The lowest BCUT2D eigenvalue weighted by atomic mass is 10.00. The highest BCUT2D eigenvalue weighted by molar-refractivity contribution is 5.86. The lowest BCUT2D eigenvalue weighted by Gasteiger charge is -2.05. The fraction of sp³-hybridized carbons (Fsp3) is 0.250. The van der Waals surface area contributed by atoms with E-state index in [4.69, 9.17) is 6.57 Å². The molecule has 2 aromatic rings. The molecule has 2 aliphatic carbocycles. The van der Waals surface area contributed by atoms with Crippen molar-refractivity contribution in [2.24, 2.45) is 11.8 Å². The molecule has 0 radical (unpaired) electrons. The molecule has 2 aliphatic rings. The monoisotopic (exact) mass is 232 g/mol. The number of allylic oxidation sites excluding steroid dienone is 1. The summed E-state index contributed by atoms with van der Waals surface area (Å²) < 4.78 is 0. The minimum atomic E-state index is 0.274. The van der Waals surface area contributed by atoms with Crippen LogP contribution in [0.5, 0.6) is 0 Å². The van der Waals surface area contributed by atoms with E-state index in [2.05, 4.69) is 34.1 Å². The van der Waals surface area contributed by atoms with Crippen molar-refractivity contribution < 1.29 is 0 Å². The van der Waals surface area contributed by atoms with E-state index in [1.165, 1.54) is 21.9 Å². The van der Waals surface area contributed by atoms with Crippen LogP contribution in [0.3, 0.4) is 0 Å². The smallest absolute Gasteiger partial charge is 0.234 e. The predicted octanol–water partition coefficient (Wildman–Crippen LogP) is 3.56. The first kappa shape index (κ1) is 9.85. The molecule has 3 atom stereocenters. The highest BCUT2D eigenvalue weighted by Gasteiger charge is 2.59. The van der Waals surface area contributed by atoms with E-state index < -0.39 is 0 Å². The van der Waals surface area contributed by atoms with Crippen LogP contribution < -0.4 is 0 Å². The molecule has 86 valence electrons. The molecule has 0 unspecified atom stereocenters. The largest absolute Gasteiger partial charge is 0.313 e. The van der Waals surface area contributed by atoms with Gasteiger partial charge in [0.25, 0.3) is 0 Å². The first-order valence-electron chi connectivity index (χ1n) is 6.28. The number of hydrogen-bond acceptors (Lipinski definition) is 1. The highest BCUT2D eigenvalue weighted by Crippen LogP contribution is 2.55. The van der Waals surface area contributed by atoms with E-state index in [0.717, 1.165) is 6.42 Å². The van der Waals surface area contributed by atoms with Gasteiger partial charge in [-0.25, -0.2) is 6.57 Å². The Morgan fingerprint density at radius 3 is 2.94 bits per heavy atom. The van der Waals surface area contributed by atoms with Gasteiger partial charge in [-0.3, -0.25) is 4.98 Å². The number of nitrogens with zero attached hydrogens (tertiary/aromatic N) is 2. The molecule has 0 amide bonds. The zero-order valence-corrected chi connectivity index (χ0v) is 9.88. The van der Waals surface area contributed by atoms with Crippen molar-refractivity contribution in [1.29, 1.82) is 0 Å². The second-order valence-corrected chi connectivity index (χ2v) is 5.19. The Kier molecular flexibility index (Phi) is 1.87. The van der Waals surface area contributed by atoms with Gasteiger partial charge in [0, 0.05) is 17.8 Å². The van der Waals surface area contributed by atoms with Crippen molar-refractivity contribution >= 4 is 16.3 Å². The summed E-state index contributed by atoms with van der Waals surface area (Å²) in [6, 6.07) is 8.87. The minimum absolute atomic E-state index is 0.274. The van der Waals surface area contributed by atoms with Crippen LogP contribution in [-0.2, 0) is 0 Å². The Labute approximate surface area is 106 Å². The molecule has 0 bridgehead atoms. The maximum Gasteiger partial charge on any atom is 0.234 e. The summed E-state index contributed by atoms with van der Waals surface area (Å²) in [7, 11) is 0. The molecular weight excluding hydrogens is 220 g/mol. The van der Waals surface area contributed by atoms with Crippen LogP contribution in [-0.4, -0.2) is 11.0 Å².